The highest BCUT2D eigenvalue weighted by Gasteiger charge is 2.31. The van der Waals surface area contributed by atoms with Crippen LogP contribution in [-0.2, 0) is 6.18 Å². The number of benzene rings is 2. The quantitative estimate of drug-likeness (QED) is 0.472. The van der Waals surface area contributed by atoms with Crippen molar-refractivity contribution in [2.45, 2.75) is 25.6 Å². The van der Waals surface area contributed by atoms with Crippen LogP contribution in [0.2, 0.25) is 0 Å². The van der Waals surface area contributed by atoms with Crippen molar-refractivity contribution in [3.8, 4) is 17.6 Å². The Morgan fingerprint density at radius 1 is 1.13 bits per heavy atom. The lowest BCUT2D eigenvalue weighted by atomic mass is 10.0. The lowest BCUT2D eigenvalue weighted by Crippen LogP contribution is -2.42. The summed E-state index contributed by atoms with van der Waals surface area (Å²) in [7, 11) is 1.33. The molecule has 31 heavy (non-hydrogen) atoms. The topological polar surface area (TPSA) is 51.2 Å². The van der Waals surface area contributed by atoms with Gasteiger partial charge >= 0.3 is 6.18 Å². The summed E-state index contributed by atoms with van der Waals surface area (Å²) in [5.74, 6) is 4.61. The van der Waals surface area contributed by atoms with Crippen LogP contribution in [0, 0.1) is 17.7 Å². The molecule has 3 rings (SSSR count). The molecule has 2 aromatic carbocycles. The Morgan fingerprint density at radius 2 is 1.87 bits per heavy atom. The van der Waals surface area contributed by atoms with Crippen LogP contribution in [0.5, 0.6) is 5.75 Å². The number of alkyl halides is 3. The number of aromatic nitrogens is 1. The van der Waals surface area contributed by atoms with Crippen molar-refractivity contribution in [1.82, 2.24) is 10.3 Å². The number of para-hydroxylation sites is 1. The first-order valence-corrected chi connectivity index (χ1v) is 9.15. The Bertz CT molecular complexity index is 1210. The van der Waals surface area contributed by atoms with Crippen molar-refractivity contribution in [1.29, 1.82) is 0 Å². The van der Waals surface area contributed by atoms with Crippen LogP contribution in [0.1, 0.15) is 35.3 Å². The molecule has 1 aromatic heterocycles. The van der Waals surface area contributed by atoms with E-state index >= 15 is 0 Å². The Kier molecular flexibility index (Phi) is 5.89. The Balaban J connectivity index is 1.86. The van der Waals surface area contributed by atoms with Gasteiger partial charge in [0.05, 0.1) is 29.3 Å². The first-order valence-electron chi connectivity index (χ1n) is 9.15. The Hall–Kier alpha value is -3.60. The van der Waals surface area contributed by atoms with E-state index in [2.05, 4.69) is 22.1 Å². The highest BCUT2D eigenvalue weighted by atomic mass is 19.4. The second-order valence-electron chi connectivity index (χ2n) is 7.28. The molecular formula is C23H18F4N2O2. The summed E-state index contributed by atoms with van der Waals surface area (Å²) in [6.45, 7) is 3.21. The zero-order chi connectivity index (χ0) is 22.8. The fourth-order valence-electron chi connectivity index (χ4n) is 2.84. The maximum atomic E-state index is 13.8. The minimum atomic E-state index is -4.52. The molecule has 8 heteroatoms. The third-order valence-corrected chi connectivity index (χ3v) is 4.39. The first kappa shape index (κ1) is 22.1. The molecule has 0 saturated heterocycles. The van der Waals surface area contributed by atoms with Crippen molar-refractivity contribution in [2.24, 2.45) is 0 Å². The number of hydrogen-bond acceptors (Lipinski definition) is 3. The van der Waals surface area contributed by atoms with Gasteiger partial charge in [0, 0.05) is 11.6 Å². The molecule has 1 heterocycles. The van der Waals surface area contributed by atoms with E-state index in [4.69, 9.17) is 4.74 Å². The summed E-state index contributed by atoms with van der Waals surface area (Å²) in [6.07, 6.45) is -3.27. The molecule has 0 aliphatic carbocycles. The molecule has 1 amide bonds. The number of halogens is 4. The minimum absolute atomic E-state index is 0.0440. The van der Waals surface area contributed by atoms with Gasteiger partial charge in [0.25, 0.3) is 5.91 Å². The predicted molar refractivity (Wildman–Crippen MR) is 108 cm³/mol. The molecule has 0 fully saturated rings. The summed E-state index contributed by atoms with van der Waals surface area (Å²) in [6, 6.07) is 8.91. The summed E-state index contributed by atoms with van der Waals surface area (Å²) in [5, 5.41) is 3.16. The molecule has 0 aliphatic heterocycles. The van der Waals surface area contributed by atoms with Gasteiger partial charge in [-0.15, -0.1) is 0 Å². The molecule has 3 aromatic rings. The second-order valence-corrected chi connectivity index (χ2v) is 7.28. The molecule has 4 nitrogen and oxygen atoms in total. The number of nitrogens with one attached hydrogen (secondary N) is 1. The SMILES string of the molecule is COc1ccc(C(F)(F)F)cc1C#CC(C)(C)NC(=O)c1cnc2c(F)cccc2c1. The largest absolute Gasteiger partial charge is 0.495 e. The van der Waals surface area contributed by atoms with E-state index in [1.807, 2.05) is 0 Å². The number of carbonyl (C=O) groups excluding carboxylic acids is 1. The van der Waals surface area contributed by atoms with Crippen LogP contribution < -0.4 is 10.1 Å². The van der Waals surface area contributed by atoms with E-state index in [1.54, 1.807) is 19.9 Å². The lowest BCUT2D eigenvalue weighted by molar-refractivity contribution is -0.137. The van der Waals surface area contributed by atoms with E-state index in [1.165, 1.54) is 37.6 Å². The lowest BCUT2D eigenvalue weighted by Gasteiger charge is -2.20. The van der Waals surface area contributed by atoms with Crippen molar-refractivity contribution >= 4 is 16.8 Å². The van der Waals surface area contributed by atoms with Gasteiger partial charge in [-0.05, 0) is 44.2 Å². The van der Waals surface area contributed by atoms with Gasteiger partial charge in [-0.25, -0.2) is 4.39 Å². The van der Waals surface area contributed by atoms with Crippen molar-refractivity contribution in [3.63, 3.8) is 0 Å². The normalized spacial score (nSPS) is 11.6. The molecule has 0 spiro atoms. The summed E-state index contributed by atoms with van der Waals surface area (Å²) in [4.78, 5) is 16.6. The number of methoxy groups -OCH3 is 1. The number of nitrogens with zero attached hydrogens (tertiary/aromatic N) is 1. The minimum Gasteiger partial charge on any atom is -0.495 e. The average molecular weight is 430 g/mol. The molecule has 160 valence electrons. The van der Waals surface area contributed by atoms with Crippen LogP contribution in [0.4, 0.5) is 17.6 Å². The van der Waals surface area contributed by atoms with Gasteiger partial charge in [-0.2, -0.15) is 13.2 Å². The molecule has 0 saturated carbocycles. The summed E-state index contributed by atoms with van der Waals surface area (Å²) in [5.41, 5.74) is -1.55. The standard InChI is InChI=1S/C23H18F4N2O2/c1-22(2,10-9-14-12-17(23(25,26)27)7-8-19(14)31-3)29-21(30)16-11-15-5-4-6-18(24)20(15)28-13-16/h4-8,11-13H,1-3H3,(H,29,30). The van der Waals surface area contributed by atoms with E-state index in [0.717, 1.165) is 12.1 Å². The predicted octanol–water partition coefficient (Wildman–Crippen LogP) is 4.96. The molecule has 0 atom stereocenters. The monoisotopic (exact) mass is 430 g/mol. The third kappa shape index (κ3) is 5.12. The number of carbonyl (C=O) groups is 1. The van der Waals surface area contributed by atoms with Crippen LogP contribution in [0.25, 0.3) is 10.9 Å². The van der Waals surface area contributed by atoms with Gasteiger partial charge < -0.3 is 10.1 Å². The molecule has 0 unspecified atom stereocenters. The van der Waals surface area contributed by atoms with Gasteiger partial charge in [0.1, 0.15) is 17.1 Å². The van der Waals surface area contributed by atoms with Gasteiger partial charge in [-0.3, -0.25) is 9.78 Å². The first-order chi connectivity index (χ1) is 14.5. The van der Waals surface area contributed by atoms with Crippen LogP contribution >= 0.6 is 0 Å². The van der Waals surface area contributed by atoms with Crippen molar-refractivity contribution in [2.75, 3.05) is 7.11 Å². The number of ether oxygens (including phenoxy) is 1. The molecule has 0 radical (unpaired) electrons. The van der Waals surface area contributed by atoms with Crippen molar-refractivity contribution < 1.29 is 27.1 Å². The van der Waals surface area contributed by atoms with Gasteiger partial charge in [0.2, 0.25) is 0 Å². The van der Waals surface area contributed by atoms with E-state index in [9.17, 15) is 22.4 Å². The second kappa shape index (κ2) is 8.26. The zero-order valence-corrected chi connectivity index (χ0v) is 16.9. The number of rotatable bonds is 3. The van der Waals surface area contributed by atoms with Crippen LogP contribution in [0.3, 0.4) is 0 Å². The zero-order valence-electron chi connectivity index (χ0n) is 16.9. The summed E-state index contributed by atoms with van der Waals surface area (Å²) >= 11 is 0. The maximum absolute atomic E-state index is 13.8. The molecule has 0 aliphatic rings. The van der Waals surface area contributed by atoms with Crippen molar-refractivity contribution in [3.05, 3.63) is 71.2 Å². The average Bonchev–Trinajstić information content (AvgIpc) is 2.71. The number of pyridine rings is 1. The van der Waals surface area contributed by atoms with Gasteiger partial charge in [-0.1, -0.05) is 24.0 Å². The fourth-order valence-corrected chi connectivity index (χ4v) is 2.84. The summed E-state index contributed by atoms with van der Waals surface area (Å²) < 4.78 is 57.8. The maximum Gasteiger partial charge on any atom is 0.416 e. The number of amides is 1. The van der Waals surface area contributed by atoms with E-state index in [0.29, 0.717) is 5.39 Å². The smallest absolute Gasteiger partial charge is 0.416 e. The number of hydrogen-bond donors (Lipinski definition) is 1. The van der Waals surface area contributed by atoms with Gasteiger partial charge in [0.15, 0.2) is 0 Å². The number of fused-ring (bicyclic) bond motifs is 1. The van der Waals surface area contributed by atoms with Crippen LogP contribution in [0.15, 0.2) is 48.7 Å². The fraction of sp³-hybridized carbons (Fsp3) is 0.217. The Labute approximate surface area is 176 Å². The molecule has 0 bridgehead atoms. The van der Waals surface area contributed by atoms with Crippen LogP contribution in [-0.4, -0.2) is 23.5 Å². The third-order valence-electron chi connectivity index (χ3n) is 4.39. The van der Waals surface area contributed by atoms with E-state index < -0.39 is 29.0 Å². The Morgan fingerprint density at radius 3 is 2.55 bits per heavy atom. The molecular weight excluding hydrogens is 412 g/mol. The highest BCUT2D eigenvalue weighted by molar-refractivity contribution is 5.97. The van der Waals surface area contributed by atoms with E-state index in [-0.39, 0.29) is 22.4 Å². The molecule has 1 N–H and O–H groups in total. The highest BCUT2D eigenvalue weighted by Crippen LogP contribution is 2.32.